The van der Waals surface area contributed by atoms with Gasteiger partial charge < -0.3 is 5.32 Å². The normalized spacial score (nSPS) is 13.7. The molecule has 0 saturated heterocycles. The van der Waals surface area contributed by atoms with E-state index in [2.05, 4.69) is 48.9 Å². The molecule has 0 aliphatic rings. The summed E-state index contributed by atoms with van der Waals surface area (Å²) in [7, 11) is 0. The summed E-state index contributed by atoms with van der Waals surface area (Å²) in [5.74, 6) is 0.340. The van der Waals surface area contributed by atoms with E-state index in [1.807, 2.05) is 12.1 Å². The number of rotatable bonds is 5. The Morgan fingerprint density at radius 3 is 2.50 bits per heavy atom. The number of hydrogen-bond donors (Lipinski definition) is 1. The van der Waals surface area contributed by atoms with Gasteiger partial charge in [0.25, 0.3) is 0 Å². The Labute approximate surface area is 118 Å². The van der Waals surface area contributed by atoms with Gasteiger partial charge in [0.2, 0.25) is 0 Å². The second kappa shape index (κ2) is 6.67. The standard InChI is InChI=1S/C15H23BrFN/c1-5-18-10-12(15(2,3)4)8-11-6-7-14(17)13(16)9-11/h6-7,9,12,18H,5,8,10H2,1-4H3. The molecular weight excluding hydrogens is 293 g/mol. The third kappa shape index (κ3) is 4.69. The van der Waals surface area contributed by atoms with Gasteiger partial charge in [0.1, 0.15) is 5.82 Å². The van der Waals surface area contributed by atoms with E-state index in [0.717, 1.165) is 19.5 Å². The lowest BCUT2D eigenvalue weighted by atomic mass is 9.77. The summed E-state index contributed by atoms with van der Waals surface area (Å²) >= 11 is 3.25. The number of nitrogens with one attached hydrogen (secondary N) is 1. The highest BCUT2D eigenvalue weighted by molar-refractivity contribution is 9.10. The van der Waals surface area contributed by atoms with E-state index in [4.69, 9.17) is 0 Å². The molecule has 3 heteroatoms. The Morgan fingerprint density at radius 2 is 2.00 bits per heavy atom. The fraction of sp³-hybridized carbons (Fsp3) is 0.600. The quantitative estimate of drug-likeness (QED) is 0.849. The van der Waals surface area contributed by atoms with Crippen molar-refractivity contribution in [3.05, 3.63) is 34.1 Å². The Balaban J connectivity index is 2.79. The molecule has 1 aromatic rings. The maximum Gasteiger partial charge on any atom is 0.137 e. The molecule has 0 aliphatic heterocycles. The smallest absolute Gasteiger partial charge is 0.137 e. The first kappa shape index (κ1) is 15.6. The van der Waals surface area contributed by atoms with Crippen LogP contribution in [0.15, 0.2) is 22.7 Å². The van der Waals surface area contributed by atoms with Gasteiger partial charge in [-0.05, 0) is 64.5 Å². The minimum absolute atomic E-state index is 0.197. The third-order valence-electron chi connectivity index (χ3n) is 3.33. The maximum absolute atomic E-state index is 13.2. The highest BCUT2D eigenvalue weighted by atomic mass is 79.9. The van der Waals surface area contributed by atoms with Crippen LogP contribution in [-0.2, 0) is 6.42 Å². The van der Waals surface area contributed by atoms with Gasteiger partial charge in [-0.2, -0.15) is 0 Å². The van der Waals surface area contributed by atoms with E-state index >= 15 is 0 Å². The van der Waals surface area contributed by atoms with E-state index in [0.29, 0.717) is 10.4 Å². The second-order valence-corrected chi connectivity index (χ2v) is 6.68. The summed E-state index contributed by atoms with van der Waals surface area (Å²) in [6.07, 6.45) is 0.968. The van der Waals surface area contributed by atoms with Crippen molar-refractivity contribution in [1.29, 1.82) is 0 Å². The van der Waals surface area contributed by atoms with Gasteiger partial charge in [-0.1, -0.05) is 33.8 Å². The van der Waals surface area contributed by atoms with E-state index in [1.54, 1.807) is 0 Å². The summed E-state index contributed by atoms with van der Waals surface area (Å²) in [5, 5.41) is 3.42. The van der Waals surface area contributed by atoms with Gasteiger partial charge in [-0.15, -0.1) is 0 Å². The monoisotopic (exact) mass is 315 g/mol. The van der Waals surface area contributed by atoms with Crippen LogP contribution in [-0.4, -0.2) is 13.1 Å². The number of hydrogen-bond acceptors (Lipinski definition) is 1. The molecular formula is C15H23BrFN. The molecule has 0 saturated carbocycles. The minimum Gasteiger partial charge on any atom is -0.317 e. The van der Waals surface area contributed by atoms with E-state index in [-0.39, 0.29) is 11.2 Å². The van der Waals surface area contributed by atoms with Crippen LogP contribution in [0.5, 0.6) is 0 Å². The topological polar surface area (TPSA) is 12.0 Å². The minimum atomic E-state index is -0.197. The van der Waals surface area contributed by atoms with Crippen molar-refractivity contribution in [2.45, 2.75) is 34.1 Å². The highest BCUT2D eigenvalue weighted by Gasteiger charge is 2.24. The molecule has 1 rings (SSSR count). The van der Waals surface area contributed by atoms with Gasteiger partial charge in [-0.25, -0.2) is 4.39 Å². The lowest BCUT2D eigenvalue weighted by Gasteiger charge is -2.31. The highest BCUT2D eigenvalue weighted by Crippen LogP contribution is 2.29. The molecule has 1 aromatic carbocycles. The fourth-order valence-corrected chi connectivity index (χ4v) is 2.38. The van der Waals surface area contributed by atoms with Crippen molar-refractivity contribution in [1.82, 2.24) is 5.32 Å². The van der Waals surface area contributed by atoms with Crippen LogP contribution in [0.3, 0.4) is 0 Å². The van der Waals surface area contributed by atoms with Gasteiger partial charge in [0, 0.05) is 0 Å². The summed E-state index contributed by atoms with van der Waals surface area (Å²) < 4.78 is 13.8. The maximum atomic E-state index is 13.2. The molecule has 0 radical (unpaired) electrons. The molecule has 0 heterocycles. The molecule has 1 N–H and O–H groups in total. The van der Waals surface area contributed by atoms with Gasteiger partial charge >= 0.3 is 0 Å². The summed E-state index contributed by atoms with van der Waals surface area (Å²) in [6.45, 7) is 10.9. The third-order valence-corrected chi connectivity index (χ3v) is 3.94. The van der Waals surface area contributed by atoms with Crippen LogP contribution in [0.25, 0.3) is 0 Å². The van der Waals surface area contributed by atoms with Crippen LogP contribution in [0.4, 0.5) is 4.39 Å². The van der Waals surface area contributed by atoms with Gasteiger partial charge in [0.15, 0.2) is 0 Å². The van der Waals surface area contributed by atoms with E-state index in [1.165, 1.54) is 11.6 Å². The molecule has 102 valence electrons. The molecule has 0 aromatic heterocycles. The summed E-state index contributed by atoms with van der Waals surface area (Å²) in [5.41, 5.74) is 1.42. The van der Waals surface area contributed by atoms with Crippen molar-refractivity contribution in [2.75, 3.05) is 13.1 Å². The van der Waals surface area contributed by atoms with Crippen molar-refractivity contribution in [3.63, 3.8) is 0 Å². The van der Waals surface area contributed by atoms with Crippen molar-refractivity contribution in [3.8, 4) is 0 Å². The average Bonchev–Trinajstić information content (AvgIpc) is 2.27. The van der Waals surface area contributed by atoms with E-state index < -0.39 is 0 Å². The summed E-state index contributed by atoms with van der Waals surface area (Å²) in [6, 6.07) is 5.30. The first-order chi connectivity index (χ1) is 8.34. The molecule has 1 nitrogen and oxygen atoms in total. The van der Waals surface area contributed by atoms with Crippen molar-refractivity contribution in [2.24, 2.45) is 11.3 Å². The van der Waals surface area contributed by atoms with Crippen LogP contribution in [0, 0.1) is 17.2 Å². The zero-order valence-electron chi connectivity index (χ0n) is 11.7. The average molecular weight is 316 g/mol. The van der Waals surface area contributed by atoms with Gasteiger partial charge in [-0.3, -0.25) is 0 Å². The molecule has 0 bridgehead atoms. The predicted molar refractivity (Wildman–Crippen MR) is 79.3 cm³/mol. The van der Waals surface area contributed by atoms with Crippen LogP contribution < -0.4 is 5.32 Å². The summed E-state index contributed by atoms with van der Waals surface area (Å²) in [4.78, 5) is 0. The lowest BCUT2D eigenvalue weighted by Crippen LogP contribution is -2.33. The Morgan fingerprint density at radius 1 is 1.33 bits per heavy atom. The largest absolute Gasteiger partial charge is 0.317 e. The van der Waals surface area contributed by atoms with Gasteiger partial charge in [0.05, 0.1) is 4.47 Å². The second-order valence-electron chi connectivity index (χ2n) is 5.82. The number of benzene rings is 1. The Hall–Kier alpha value is -0.410. The first-order valence-electron chi connectivity index (χ1n) is 6.49. The van der Waals surface area contributed by atoms with Crippen molar-refractivity contribution < 1.29 is 4.39 Å². The first-order valence-corrected chi connectivity index (χ1v) is 7.28. The molecule has 18 heavy (non-hydrogen) atoms. The zero-order valence-corrected chi connectivity index (χ0v) is 13.3. The predicted octanol–water partition coefficient (Wildman–Crippen LogP) is 4.40. The molecule has 0 amide bonds. The molecule has 0 aliphatic carbocycles. The van der Waals surface area contributed by atoms with Crippen LogP contribution in [0.1, 0.15) is 33.3 Å². The zero-order chi connectivity index (χ0) is 13.8. The SMILES string of the molecule is CCNCC(Cc1ccc(F)c(Br)c1)C(C)(C)C. The van der Waals surface area contributed by atoms with Crippen molar-refractivity contribution >= 4 is 15.9 Å². The van der Waals surface area contributed by atoms with E-state index in [9.17, 15) is 4.39 Å². The Kier molecular flexibility index (Phi) is 5.80. The lowest BCUT2D eigenvalue weighted by molar-refractivity contribution is 0.232. The Bertz CT molecular complexity index is 385. The van der Waals surface area contributed by atoms with Crippen LogP contribution in [0.2, 0.25) is 0 Å². The molecule has 1 atom stereocenters. The molecule has 1 unspecified atom stereocenters. The number of halogens is 2. The molecule has 0 spiro atoms. The van der Waals surface area contributed by atoms with Crippen LogP contribution >= 0.6 is 15.9 Å². The molecule has 0 fully saturated rings. The fourth-order valence-electron chi connectivity index (χ4n) is 1.95.